The van der Waals surface area contributed by atoms with Gasteiger partial charge in [-0.1, -0.05) is 30.3 Å². The third kappa shape index (κ3) is 1.74. The van der Waals surface area contributed by atoms with Gasteiger partial charge in [-0.05, 0) is 16.5 Å². The molecule has 1 aliphatic heterocycles. The fourth-order valence-corrected chi connectivity index (χ4v) is 1.19. The summed E-state index contributed by atoms with van der Waals surface area (Å²) in [5.41, 5.74) is 0. The van der Waals surface area contributed by atoms with Gasteiger partial charge >= 0.3 is 0 Å². The monoisotopic (exact) mass is 179 g/mol. The minimum absolute atomic E-state index is 0. The molecule has 0 unspecified atom stereocenters. The molecule has 1 nitrogen and oxygen atoms in total. The van der Waals surface area contributed by atoms with Gasteiger partial charge in [0.2, 0.25) is 0 Å². The van der Waals surface area contributed by atoms with Gasteiger partial charge in [-0.2, -0.15) is 0 Å². The van der Waals surface area contributed by atoms with Gasteiger partial charge in [-0.15, -0.1) is 12.4 Å². The summed E-state index contributed by atoms with van der Waals surface area (Å²) in [5, 5.41) is 2.54. The molecule has 0 aromatic heterocycles. The predicted molar refractivity (Wildman–Crippen MR) is 55.2 cm³/mol. The summed E-state index contributed by atoms with van der Waals surface area (Å²) < 4.78 is 0. The van der Waals surface area contributed by atoms with E-state index in [9.17, 15) is 0 Å². The summed E-state index contributed by atoms with van der Waals surface area (Å²) in [6, 6.07) is 8.31. The summed E-state index contributed by atoms with van der Waals surface area (Å²) >= 11 is 0. The molecule has 1 aromatic carbocycles. The highest BCUT2D eigenvalue weighted by molar-refractivity contribution is 5.91. The molecule has 0 bridgehead atoms. The molecule has 0 radical (unpaired) electrons. The molecule has 62 valence electrons. The molecular formula is C10H10ClN. The van der Waals surface area contributed by atoms with Crippen LogP contribution in [0.15, 0.2) is 29.3 Å². The number of hydrogen-bond acceptors (Lipinski definition) is 1. The van der Waals surface area contributed by atoms with Crippen LogP contribution in [0.25, 0.3) is 12.2 Å². The van der Waals surface area contributed by atoms with Crippen molar-refractivity contribution in [2.45, 2.75) is 0 Å². The Balaban J connectivity index is 0.000000720. The van der Waals surface area contributed by atoms with E-state index in [4.69, 9.17) is 0 Å². The minimum Gasteiger partial charge on any atom is -0.289 e. The van der Waals surface area contributed by atoms with Crippen LogP contribution in [0.4, 0.5) is 0 Å². The van der Waals surface area contributed by atoms with E-state index in [0.717, 1.165) is 6.54 Å². The van der Waals surface area contributed by atoms with Crippen molar-refractivity contribution in [3.05, 3.63) is 34.7 Å². The van der Waals surface area contributed by atoms with Crippen LogP contribution in [0.1, 0.15) is 0 Å². The van der Waals surface area contributed by atoms with Crippen molar-refractivity contribution in [2.24, 2.45) is 4.99 Å². The van der Waals surface area contributed by atoms with Crippen LogP contribution < -0.4 is 10.4 Å². The molecule has 0 spiro atoms. The quantitative estimate of drug-likeness (QED) is 0.558. The first-order valence-electron chi connectivity index (χ1n) is 3.72. The van der Waals surface area contributed by atoms with E-state index in [-0.39, 0.29) is 12.4 Å². The van der Waals surface area contributed by atoms with Crippen molar-refractivity contribution in [2.75, 3.05) is 6.54 Å². The molecule has 0 fully saturated rings. The molecule has 2 rings (SSSR count). The van der Waals surface area contributed by atoms with Gasteiger partial charge in [0.25, 0.3) is 0 Å². The Morgan fingerprint density at radius 3 is 2.67 bits per heavy atom. The number of rotatable bonds is 0. The van der Waals surface area contributed by atoms with E-state index in [1.54, 1.807) is 0 Å². The van der Waals surface area contributed by atoms with Crippen LogP contribution in [0, 0.1) is 0 Å². The highest BCUT2D eigenvalue weighted by atomic mass is 35.5. The summed E-state index contributed by atoms with van der Waals surface area (Å²) in [5.74, 6) is 0. The lowest BCUT2D eigenvalue weighted by Crippen LogP contribution is -2.23. The lowest BCUT2D eigenvalue weighted by atomic mass is 10.2. The first-order chi connectivity index (χ1) is 5.47. The maximum Gasteiger partial charge on any atom is 0.0579 e. The van der Waals surface area contributed by atoms with E-state index in [1.807, 2.05) is 18.4 Å². The second-order valence-electron chi connectivity index (χ2n) is 2.51. The highest BCUT2D eigenvalue weighted by Gasteiger charge is 1.84. The van der Waals surface area contributed by atoms with Gasteiger partial charge < -0.3 is 0 Å². The van der Waals surface area contributed by atoms with E-state index in [1.165, 1.54) is 10.4 Å². The molecule has 1 aliphatic rings. The Morgan fingerprint density at radius 2 is 1.83 bits per heavy atom. The van der Waals surface area contributed by atoms with E-state index in [2.05, 4.69) is 29.3 Å². The van der Waals surface area contributed by atoms with Crippen molar-refractivity contribution in [3.63, 3.8) is 0 Å². The third-order valence-corrected chi connectivity index (χ3v) is 1.77. The first kappa shape index (κ1) is 9.01. The zero-order valence-corrected chi connectivity index (χ0v) is 7.42. The molecule has 2 heteroatoms. The second-order valence-corrected chi connectivity index (χ2v) is 2.51. The van der Waals surface area contributed by atoms with Gasteiger partial charge in [0.05, 0.1) is 6.54 Å². The Labute approximate surface area is 77.6 Å². The molecule has 12 heavy (non-hydrogen) atoms. The number of aliphatic imine (C=N–C) groups is 1. The van der Waals surface area contributed by atoms with E-state index in [0.29, 0.717) is 0 Å². The van der Waals surface area contributed by atoms with Gasteiger partial charge in [-0.3, -0.25) is 4.99 Å². The van der Waals surface area contributed by atoms with Crippen LogP contribution >= 0.6 is 12.4 Å². The molecule has 0 amide bonds. The lowest BCUT2D eigenvalue weighted by molar-refractivity contribution is 1.32. The minimum atomic E-state index is 0. The average molecular weight is 180 g/mol. The zero-order chi connectivity index (χ0) is 7.52. The number of halogens is 1. The van der Waals surface area contributed by atoms with Crippen molar-refractivity contribution in [1.82, 2.24) is 0 Å². The van der Waals surface area contributed by atoms with Gasteiger partial charge in [0.15, 0.2) is 0 Å². The topological polar surface area (TPSA) is 12.4 Å². The average Bonchev–Trinajstić information content (AvgIpc) is 2.28. The SMILES string of the molecule is C1=NCC=c2ccccc2=C1.Cl. The maximum absolute atomic E-state index is 4.15. The van der Waals surface area contributed by atoms with Crippen molar-refractivity contribution < 1.29 is 0 Å². The molecule has 0 aliphatic carbocycles. The molecule has 1 aromatic rings. The smallest absolute Gasteiger partial charge is 0.0579 e. The Morgan fingerprint density at radius 1 is 1.08 bits per heavy atom. The van der Waals surface area contributed by atoms with Crippen LogP contribution in [0.3, 0.4) is 0 Å². The van der Waals surface area contributed by atoms with Crippen LogP contribution in [0.5, 0.6) is 0 Å². The summed E-state index contributed by atoms with van der Waals surface area (Å²) in [7, 11) is 0. The third-order valence-electron chi connectivity index (χ3n) is 1.77. The summed E-state index contributed by atoms with van der Waals surface area (Å²) in [6.07, 6.45) is 6.04. The molecule has 0 N–H and O–H groups in total. The predicted octanol–water partition coefficient (Wildman–Crippen LogP) is 0.754. The normalized spacial score (nSPS) is 13.0. The van der Waals surface area contributed by atoms with Crippen molar-refractivity contribution >= 4 is 30.8 Å². The number of nitrogens with zero attached hydrogens (tertiary/aromatic N) is 1. The fraction of sp³-hybridized carbons (Fsp3) is 0.100. The Kier molecular flexibility index (Phi) is 3.06. The largest absolute Gasteiger partial charge is 0.289 e. The summed E-state index contributed by atoms with van der Waals surface area (Å²) in [4.78, 5) is 4.15. The standard InChI is InChI=1S/C10H9N.ClH/c1-2-4-10-6-8-11-7-5-9(10)3-1;/h1-7H,8H2;1H. The van der Waals surface area contributed by atoms with Crippen LogP contribution in [-0.4, -0.2) is 12.8 Å². The Hall–Kier alpha value is -1.08. The zero-order valence-electron chi connectivity index (χ0n) is 6.60. The second kappa shape index (κ2) is 4.07. The molecule has 1 heterocycles. The van der Waals surface area contributed by atoms with Crippen molar-refractivity contribution in [3.8, 4) is 0 Å². The summed E-state index contributed by atoms with van der Waals surface area (Å²) in [6.45, 7) is 0.799. The van der Waals surface area contributed by atoms with Gasteiger partial charge in [0, 0.05) is 6.21 Å². The Bertz CT molecular complexity index is 393. The van der Waals surface area contributed by atoms with Gasteiger partial charge in [-0.25, -0.2) is 0 Å². The highest BCUT2D eigenvalue weighted by Crippen LogP contribution is 1.77. The molecule has 0 saturated heterocycles. The molecular weight excluding hydrogens is 170 g/mol. The number of hydrogen-bond donors (Lipinski definition) is 0. The van der Waals surface area contributed by atoms with Crippen LogP contribution in [-0.2, 0) is 0 Å². The van der Waals surface area contributed by atoms with E-state index >= 15 is 0 Å². The number of fused-ring (bicyclic) bond motifs is 1. The van der Waals surface area contributed by atoms with Crippen LogP contribution in [0.2, 0.25) is 0 Å². The van der Waals surface area contributed by atoms with Gasteiger partial charge in [0.1, 0.15) is 0 Å². The fourth-order valence-electron chi connectivity index (χ4n) is 1.19. The maximum atomic E-state index is 4.15. The molecule has 0 saturated carbocycles. The van der Waals surface area contributed by atoms with E-state index < -0.39 is 0 Å². The molecule has 0 atom stereocenters. The lowest BCUT2D eigenvalue weighted by Gasteiger charge is -1.84. The number of benzene rings is 1. The first-order valence-corrected chi connectivity index (χ1v) is 3.72. The van der Waals surface area contributed by atoms with Crippen molar-refractivity contribution in [1.29, 1.82) is 0 Å².